The number of nitrogens with one attached hydrogen (secondary N) is 3. The van der Waals surface area contributed by atoms with E-state index >= 15 is 0 Å². The predicted molar refractivity (Wildman–Crippen MR) is 78.7 cm³/mol. The number of hydrogen-bond acceptors (Lipinski definition) is 5. The summed E-state index contributed by atoms with van der Waals surface area (Å²) >= 11 is 0. The molecule has 1 rings (SSSR count). The summed E-state index contributed by atoms with van der Waals surface area (Å²) in [7, 11) is 0. The highest BCUT2D eigenvalue weighted by Crippen LogP contribution is 1.99. The average molecular weight is 280 g/mol. The molecule has 0 amide bonds. The number of rotatable bonds is 11. The Bertz CT molecular complexity index is 399. The van der Waals surface area contributed by atoms with Crippen molar-refractivity contribution in [3.05, 3.63) is 29.6 Å². The number of aromatic nitrogens is 1. The van der Waals surface area contributed by atoms with Gasteiger partial charge in [-0.25, -0.2) is 0 Å². The molecule has 112 valence electrons. The second kappa shape index (κ2) is 10.3. The topological polar surface area (TPSA) is 86.3 Å². The Morgan fingerprint density at radius 2 is 1.75 bits per heavy atom. The number of nitrogens with zero attached hydrogens (tertiary/aromatic N) is 1. The molecule has 4 N–H and O–H groups in total. The number of carboxylic acid groups (broad SMARTS) is 1. The molecule has 0 radical (unpaired) electrons. The van der Waals surface area contributed by atoms with E-state index in [1.807, 2.05) is 18.2 Å². The number of hydrogen-bond donors (Lipinski definition) is 4. The summed E-state index contributed by atoms with van der Waals surface area (Å²) in [5, 5.41) is 17.8. The second-order valence-corrected chi connectivity index (χ2v) is 4.47. The van der Waals surface area contributed by atoms with Crippen molar-refractivity contribution in [1.29, 1.82) is 0 Å². The van der Waals surface area contributed by atoms with Crippen LogP contribution in [0, 0.1) is 0 Å². The van der Waals surface area contributed by atoms with Crippen LogP contribution in [0.15, 0.2) is 18.2 Å². The molecule has 0 spiro atoms. The predicted octanol–water partition coefficient (Wildman–Crippen LogP) is -0.00260. The van der Waals surface area contributed by atoms with Crippen molar-refractivity contribution < 1.29 is 9.90 Å². The van der Waals surface area contributed by atoms with Gasteiger partial charge < -0.3 is 21.1 Å². The maximum absolute atomic E-state index is 10.3. The monoisotopic (exact) mass is 280 g/mol. The zero-order valence-corrected chi connectivity index (χ0v) is 12.0. The fraction of sp³-hybridized carbons (Fsp3) is 0.571. The molecular weight excluding hydrogens is 256 g/mol. The van der Waals surface area contributed by atoms with Crippen LogP contribution in [0.3, 0.4) is 0 Å². The smallest absolute Gasteiger partial charge is 0.317 e. The van der Waals surface area contributed by atoms with Crippen molar-refractivity contribution in [3.8, 4) is 0 Å². The molecule has 0 aliphatic heterocycles. The van der Waals surface area contributed by atoms with Gasteiger partial charge in [0.15, 0.2) is 0 Å². The third kappa shape index (κ3) is 7.83. The third-order valence-corrected chi connectivity index (χ3v) is 2.77. The van der Waals surface area contributed by atoms with Crippen LogP contribution in [0.1, 0.15) is 18.3 Å². The molecule has 1 aromatic rings. The van der Waals surface area contributed by atoms with Crippen molar-refractivity contribution in [1.82, 2.24) is 20.9 Å². The fourth-order valence-corrected chi connectivity index (χ4v) is 1.71. The lowest BCUT2D eigenvalue weighted by Crippen LogP contribution is -2.34. The van der Waals surface area contributed by atoms with Gasteiger partial charge in [-0.1, -0.05) is 13.0 Å². The summed E-state index contributed by atoms with van der Waals surface area (Å²) in [5.41, 5.74) is 2.18. The van der Waals surface area contributed by atoms with Gasteiger partial charge in [0.1, 0.15) is 0 Å². The maximum Gasteiger partial charge on any atom is 0.317 e. The van der Waals surface area contributed by atoms with E-state index in [1.54, 1.807) is 0 Å². The molecule has 0 aromatic carbocycles. The van der Waals surface area contributed by atoms with Crippen molar-refractivity contribution in [2.45, 2.75) is 19.9 Å². The van der Waals surface area contributed by atoms with Gasteiger partial charge in [0, 0.05) is 38.4 Å². The van der Waals surface area contributed by atoms with E-state index in [0.29, 0.717) is 6.54 Å². The summed E-state index contributed by atoms with van der Waals surface area (Å²) < 4.78 is 0. The van der Waals surface area contributed by atoms with Crippen molar-refractivity contribution in [2.75, 3.05) is 32.7 Å². The normalized spacial score (nSPS) is 10.7. The highest BCUT2D eigenvalue weighted by atomic mass is 16.4. The minimum Gasteiger partial charge on any atom is -0.480 e. The SMILES string of the molecule is CCc1cccc(CNCCNCCNCC(=O)O)n1. The maximum atomic E-state index is 10.3. The minimum atomic E-state index is -0.825. The van der Waals surface area contributed by atoms with E-state index in [0.717, 1.165) is 44.0 Å². The lowest BCUT2D eigenvalue weighted by molar-refractivity contribution is -0.135. The Hall–Kier alpha value is -1.50. The zero-order chi connectivity index (χ0) is 14.6. The van der Waals surface area contributed by atoms with Gasteiger partial charge in [-0.2, -0.15) is 0 Å². The van der Waals surface area contributed by atoms with Crippen LogP contribution in [0.5, 0.6) is 0 Å². The molecule has 1 aromatic heterocycles. The van der Waals surface area contributed by atoms with Gasteiger partial charge in [0.2, 0.25) is 0 Å². The summed E-state index contributed by atoms with van der Waals surface area (Å²) in [6, 6.07) is 6.10. The van der Waals surface area contributed by atoms with Crippen LogP contribution in [0.25, 0.3) is 0 Å². The highest BCUT2D eigenvalue weighted by Gasteiger charge is 1.96. The van der Waals surface area contributed by atoms with Crippen LogP contribution in [0.2, 0.25) is 0 Å². The lowest BCUT2D eigenvalue weighted by atomic mass is 10.2. The number of pyridine rings is 1. The van der Waals surface area contributed by atoms with E-state index in [-0.39, 0.29) is 6.54 Å². The quantitative estimate of drug-likeness (QED) is 0.427. The molecule has 6 nitrogen and oxygen atoms in total. The van der Waals surface area contributed by atoms with Crippen LogP contribution >= 0.6 is 0 Å². The first-order valence-corrected chi connectivity index (χ1v) is 7.01. The van der Waals surface area contributed by atoms with Crippen molar-refractivity contribution in [2.24, 2.45) is 0 Å². The number of carbonyl (C=O) groups is 1. The van der Waals surface area contributed by atoms with E-state index in [4.69, 9.17) is 5.11 Å². The van der Waals surface area contributed by atoms with Crippen LogP contribution in [0.4, 0.5) is 0 Å². The van der Waals surface area contributed by atoms with E-state index in [1.165, 1.54) is 0 Å². The Balaban J connectivity index is 1.98. The third-order valence-electron chi connectivity index (χ3n) is 2.77. The summed E-state index contributed by atoms with van der Waals surface area (Å²) in [4.78, 5) is 14.8. The van der Waals surface area contributed by atoms with Gasteiger partial charge in [0.25, 0.3) is 0 Å². The van der Waals surface area contributed by atoms with Crippen LogP contribution in [-0.4, -0.2) is 48.8 Å². The summed E-state index contributed by atoms with van der Waals surface area (Å²) in [6.45, 7) is 6.01. The molecule has 0 saturated carbocycles. The number of aryl methyl sites for hydroxylation is 1. The van der Waals surface area contributed by atoms with Crippen molar-refractivity contribution in [3.63, 3.8) is 0 Å². The molecule has 1 heterocycles. The van der Waals surface area contributed by atoms with E-state index < -0.39 is 5.97 Å². The van der Waals surface area contributed by atoms with Crippen molar-refractivity contribution >= 4 is 5.97 Å². The van der Waals surface area contributed by atoms with Gasteiger partial charge >= 0.3 is 5.97 Å². The van der Waals surface area contributed by atoms with Gasteiger partial charge in [0.05, 0.1) is 12.2 Å². The largest absolute Gasteiger partial charge is 0.480 e. The summed E-state index contributed by atoms with van der Waals surface area (Å²) in [5.74, 6) is -0.825. The number of carboxylic acids is 1. The molecule has 0 unspecified atom stereocenters. The van der Waals surface area contributed by atoms with E-state index in [9.17, 15) is 4.79 Å². The Kier molecular flexibility index (Phi) is 8.53. The molecule has 20 heavy (non-hydrogen) atoms. The first-order valence-electron chi connectivity index (χ1n) is 7.01. The lowest BCUT2D eigenvalue weighted by Gasteiger charge is -2.07. The fourth-order valence-electron chi connectivity index (χ4n) is 1.71. The Morgan fingerprint density at radius 1 is 1.10 bits per heavy atom. The standard InChI is InChI=1S/C14H24N4O2/c1-2-12-4-3-5-13(18-12)10-16-8-6-15-7-9-17-11-14(19)20/h3-5,15-17H,2,6-11H2,1H3,(H,19,20). The zero-order valence-electron chi connectivity index (χ0n) is 12.0. The van der Waals surface area contributed by atoms with Crippen LogP contribution < -0.4 is 16.0 Å². The minimum absolute atomic E-state index is 0.0133. The van der Waals surface area contributed by atoms with Crippen LogP contribution in [-0.2, 0) is 17.8 Å². The molecule has 0 saturated heterocycles. The van der Waals surface area contributed by atoms with E-state index in [2.05, 4.69) is 27.9 Å². The molecule has 6 heteroatoms. The number of aliphatic carboxylic acids is 1. The molecule has 0 fully saturated rings. The highest BCUT2D eigenvalue weighted by molar-refractivity contribution is 5.68. The first kappa shape index (κ1) is 16.6. The van der Waals surface area contributed by atoms with Gasteiger partial charge in [-0.3, -0.25) is 9.78 Å². The van der Waals surface area contributed by atoms with Gasteiger partial charge in [-0.05, 0) is 18.6 Å². The molecule has 0 aliphatic rings. The molecule has 0 atom stereocenters. The molecule has 0 aliphatic carbocycles. The second-order valence-electron chi connectivity index (χ2n) is 4.47. The first-order chi connectivity index (χ1) is 9.72. The Labute approximate surface area is 120 Å². The van der Waals surface area contributed by atoms with Gasteiger partial charge in [-0.15, -0.1) is 0 Å². The molecular formula is C14H24N4O2. The summed E-state index contributed by atoms with van der Waals surface area (Å²) in [6.07, 6.45) is 0.957. The molecule has 0 bridgehead atoms. The Morgan fingerprint density at radius 3 is 2.45 bits per heavy atom. The average Bonchev–Trinajstić information content (AvgIpc) is 2.45.